The zero-order valence-corrected chi connectivity index (χ0v) is 12.4. The Balaban J connectivity index is 2.36. The maximum atomic E-state index is 13.5. The molecule has 3 nitrogen and oxygen atoms in total. The molecule has 0 saturated carbocycles. The quantitative estimate of drug-likeness (QED) is 0.873. The molecule has 4 heteroatoms. The Morgan fingerprint density at radius 1 is 1.35 bits per heavy atom. The van der Waals surface area contributed by atoms with Crippen molar-refractivity contribution in [2.75, 3.05) is 0 Å². The second-order valence-corrected chi connectivity index (χ2v) is 5.28. The Hall–Kier alpha value is -1.68. The highest BCUT2D eigenvalue weighted by Gasteiger charge is 2.12. The number of nitrogens with zero attached hydrogens (tertiary/aromatic N) is 2. The van der Waals surface area contributed by atoms with Crippen LogP contribution in [0, 0.1) is 5.82 Å². The summed E-state index contributed by atoms with van der Waals surface area (Å²) in [7, 11) is 0. The van der Waals surface area contributed by atoms with Gasteiger partial charge in [-0.3, -0.25) is 0 Å². The van der Waals surface area contributed by atoms with E-state index in [1.807, 2.05) is 12.3 Å². The van der Waals surface area contributed by atoms with Gasteiger partial charge >= 0.3 is 0 Å². The molecule has 1 aromatic carbocycles. The number of imidazole rings is 1. The van der Waals surface area contributed by atoms with E-state index in [0.29, 0.717) is 12.6 Å². The van der Waals surface area contributed by atoms with Crippen molar-refractivity contribution >= 4 is 0 Å². The van der Waals surface area contributed by atoms with E-state index in [4.69, 9.17) is 0 Å². The maximum absolute atomic E-state index is 13.5. The summed E-state index contributed by atoms with van der Waals surface area (Å²) in [4.78, 5) is 4.44. The number of halogens is 1. The van der Waals surface area contributed by atoms with Crippen LogP contribution in [0.2, 0.25) is 0 Å². The van der Waals surface area contributed by atoms with Crippen LogP contribution in [-0.4, -0.2) is 15.6 Å². The number of hydrogen-bond acceptors (Lipinski definition) is 2. The van der Waals surface area contributed by atoms with E-state index in [2.05, 4.69) is 35.6 Å². The van der Waals surface area contributed by atoms with Crippen LogP contribution < -0.4 is 5.32 Å². The Bertz CT molecular complexity index is 561. The average molecular weight is 275 g/mol. The molecule has 0 atom stereocenters. The van der Waals surface area contributed by atoms with Crippen LogP contribution in [-0.2, 0) is 13.1 Å². The predicted molar refractivity (Wildman–Crippen MR) is 79.9 cm³/mol. The van der Waals surface area contributed by atoms with Crippen molar-refractivity contribution in [1.82, 2.24) is 14.9 Å². The average Bonchev–Trinajstić information content (AvgIpc) is 2.85. The predicted octanol–water partition coefficient (Wildman–Crippen LogP) is 3.60. The van der Waals surface area contributed by atoms with E-state index in [9.17, 15) is 4.39 Å². The molecule has 1 heterocycles. The minimum atomic E-state index is -0.206. The molecule has 0 amide bonds. The van der Waals surface area contributed by atoms with Gasteiger partial charge in [0.05, 0.1) is 0 Å². The molecule has 1 N–H and O–H groups in total. The number of nitrogens with one attached hydrogen (secondary N) is 1. The van der Waals surface area contributed by atoms with Gasteiger partial charge in [0, 0.05) is 37.1 Å². The van der Waals surface area contributed by atoms with Crippen LogP contribution in [0.5, 0.6) is 0 Å². The van der Waals surface area contributed by atoms with Gasteiger partial charge in [-0.1, -0.05) is 20.8 Å². The topological polar surface area (TPSA) is 29.9 Å². The van der Waals surface area contributed by atoms with Gasteiger partial charge in [0.1, 0.15) is 11.6 Å². The second-order valence-electron chi connectivity index (χ2n) is 5.28. The van der Waals surface area contributed by atoms with Crippen LogP contribution in [0.25, 0.3) is 11.4 Å². The van der Waals surface area contributed by atoms with Crippen molar-refractivity contribution in [2.45, 2.75) is 46.3 Å². The molecule has 20 heavy (non-hydrogen) atoms. The van der Waals surface area contributed by atoms with Crippen molar-refractivity contribution in [3.63, 3.8) is 0 Å². The highest BCUT2D eigenvalue weighted by molar-refractivity contribution is 5.60. The van der Waals surface area contributed by atoms with Crippen LogP contribution in [0.4, 0.5) is 4.39 Å². The van der Waals surface area contributed by atoms with Crippen LogP contribution in [0.15, 0.2) is 30.6 Å². The number of aromatic nitrogens is 2. The summed E-state index contributed by atoms with van der Waals surface area (Å²) in [6.07, 6.45) is 4.82. The number of hydrogen-bond donors (Lipinski definition) is 1. The molecule has 2 aromatic rings. The fourth-order valence-electron chi connectivity index (χ4n) is 2.22. The van der Waals surface area contributed by atoms with Gasteiger partial charge in [-0.2, -0.15) is 0 Å². The van der Waals surface area contributed by atoms with Crippen LogP contribution >= 0.6 is 0 Å². The standard InChI is InChI=1S/C16H22FN3/c1-4-8-20-9-7-18-16(20)15-6-5-14(17)10-13(15)11-19-12(2)3/h5-7,9-10,12,19H,4,8,11H2,1-3H3. The van der Waals surface area contributed by atoms with E-state index in [1.54, 1.807) is 12.3 Å². The zero-order valence-electron chi connectivity index (χ0n) is 12.4. The second kappa shape index (κ2) is 6.66. The van der Waals surface area contributed by atoms with Crippen molar-refractivity contribution in [1.29, 1.82) is 0 Å². The van der Waals surface area contributed by atoms with Gasteiger partial charge in [0.2, 0.25) is 0 Å². The van der Waals surface area contributed by atoms with Crippen molar-refractivity contribution < 1.29 is 4.39 Å². The summed E-state index contributed by atoms with van der Waals surface area (Å²) in [5.41, 5.74) is 1.94. The lowest BCUT2D eigenvalue weighted by Gasteiger charge is -2.14. The lowest BCUT2D eigenvalue weighted by molar-refractivity contribution is 0.581. The molecule has 0 radical (unpaired) electrons. The van der Waals surface area contributed by atoms with E-state index in [0.717, 1.165) is 29.9 Å². The monoisotopic (exact) mass is 275 g/mol. The lowest BCUT2D eigenvalue weighted by atomic mass is 10.1. The van der Waals surface area contributed by atoms with Gasteiger partial charge in [-0.15, -0.1) is 0 Å². The van der Waals surface area contributed by atoms with Gasteiger partial charge in [-0.25, -0.2) is 9.37 Å². The van der Waals surface area contributed by atoms with Crippen molar-refractivity contribution in [3.05, 3.63) is 42.0 Å². The van der Waals surface area contributed by atoms with Gasteiger partial charge in [0.15, 0.2) is 0 Å². The molecule has 0 aliphatic rings. The van der Waals surface area contributed by atoms with Gasteiger partial charge in [0.25, 0.3) is 0 Å². The molecule has 2 rings (SSSR count). The van der Waals surface area contributed by atoms with E-state index in [-0.39, 0.29) is 5.82 Å². The SMILES string of the molecule is CCCn1ccnc1-c1ccc(F)cc1CNC(C)C. The summed E-state index contributed by atoms with van der Waals surface area (Å²) in [5, 5.41) is 3.34. The Labute approximate surface area is 119 Å². The van der Waals surface area contributed by atoms with Crippen molar-refractivity contribution in [2.24, 2.45) is 0 Å². The molecular formula is C16H22FN3. The summed E-state index contributed by atoms with van der Waals surface area (Å²) in [6.45, 7) is 7.86. The summed E-state index contributed by atoms with van der Waals surface area (Å²) < 4.78 is 15.6. The van der Waals surface area contributed by atoms with Crippen molar-refractivity contribution in [3.8, 4) is 11.4 Å². The highest BCUT2D eigenvalue weighted by atomic mass is 19.1. The molecule has 0 aliphatic carbocycles. The number of aryl methyl sites for hydroxylation is 1. The molecule has 108 valence electrons. The summed E-state index contributed by atoms with van der Waals surface area (Å²) >= 11 is 0. The van der Waals surface area contributed by atoms with Gasteiger partial charge < -0.3 is 9.88 Å². The lowest BCUT2D eigenvalue weighted by Crippen LogP contribution is -2.22. The molecule has 0 bridgehead atoms. The molecule has 0 fully saturated rings. The summed E-state index contributed by atoms with van der Waals surface area (Å²) in [6, 6.07) is 5.28. The highest BCUT2D eigenvalue weighted by Crippen LogP contribution is 2.23. The first-order valence-corrected chi connectivity index (χ1v) is 7.15. The number of benzene rings is 1. The fourth-order valence-corrected chi connectivity index (χ4v) is 2.22. The van der Waals surface area contributed by atoms with Crippen LogP contribution in [0.1, 0.15) is 32.8 Å². The Kier molecular flexibility index (Phi) is 4.90. The first-order valence-electron chi connectivity index (χ1n) is 7.15. The third-order valence-electron chi connectivity index (χ3n) is 3.19. The minimum Gasteiger partial charge on any atom is -0.331 e. The molecule has 1 aromatic heterocycles. The Morgan fingerprint density at radius 3 is 2.85 bits per heavy atom. The smallest absolute Gasteiger partial charge is 0.140 e. The zero-order chi connectivity index (χ0) is 14.5. The van der Waals surface area contributed by atoms with E-state index >= 15 is 0 Å². The molecule has 0 aliphatic heterocycles. The van der Waals surface area contributed by atoms with E-state index < -0.39 is 0 Å². The molecular weight excluding hydrogens is 253 g/mol. The first-order chi connectivity index (χ1) is 9.61. The van der Waals surface area contributed by atoms with Gasteiger partial charge in [-0.05, 0) is 30.2 Å². The maximum Gasteiger partial charge on any atom is 0.140 e. The fraction of sp³-hybridized carbons (Fsp3) is 0.438. The normalized spacial score (nSPS) is 11.2. The Morgan fingerprint density at radius 2 is 2.15 bits per heavy atom. The molecule has 0 spiro atoms. The van der Waals surface area contributed by atoms with Crippen LogP contribution in [0.3, 0.4) is 0 Å². The largest absolute Gasteiger partial charge is 0.331 e. The minimum absolute atomic E-state index is 0.206. The third kappa shape index (κ3) is 3.45. The third-order valence-corrected chi connectivity index (χ3v) is 3.19. The summed E-state index contributed by atoms with van der Waals surface area (Å²) in [5.74, 6) is 0.704. The van der Waals surface area contributed by atoms with E-state index in [1.165, 1.54) is 6.07 Å². The number of rotatable bonds is 6. The first kappa shape index (κ1) is 14.7. The molecule has 0 unspecified atom stereocenters. The molecule has 0 saturated heterocycles.